The standard InChI is InChI=1S/C17H18N2O/c1-11(18)10-14-8-9-16(20-14)15-5-3-4-13-7-6-12(2)19-17(13)15/h3-9,11H,10,18H2,1-2H3. The van der Waals surface area contributed by atoms with Crippen LogP contribution in [0.5, 0.6) is 0 Å². The molecule has 0 aliphatic carbocycles. The molecule has 0 saturated heterocycles. The van der Waals surface area contributed by atoms with Gasteiger partial charge in [-0.1, -0.05) is 18.2 Å². The molecule has 3 rings (SSSR count). The highest BCUT2D eigenvalue weighted by atomic mass is 16.3. The number of hydrogen-bond acceptors (Lipinski definition) is 3. The minimum absolute atomic E-state index is 0.0990. The van der Waals surface area contributed by atoms with Gasteiger partial charge < -0.3 is 10.2 Å². The summed E-state index contributed by atoms with van der Waals surface area (Å²) in [6, 6.07) is 14.3. The lowest BCUT2D eigenvalue weighted by atomic mass is 10.1. The van der Waals surface area contributed by atoms with Crippen molar-refractivity contribution in [2.45, 2.75) is 26.3 Å². The molecule has 2 N–H and O–H groups in total. The van der Waals surface area contributed by atoms with Crippen molar-refractivity contribution < 1.29 is 4.42 Å². The second-order valence-electron chi connectivity index (χ2n) is 5.28. The molecule has 0 fully saturated rings. The van der Waals surface area contributed by atoms with Crippen LogP contribution in [0.1, 0.15) is 18.4 Å². The van der Waals surface area contributed by atoms with Gasteiger partial charge in [-0.05, 0) is 38.1 Å². The maximum absolute atomic E-state index is 5.91. The Morgan fingerprint density at radius 2 is 2.00 bits per heavy atom. The Morgan fingerprint density at radius 1 is 1.15 bits per heavy atom. The molecule has 2 heterocycles. The Labute approximate surface area is 118 Å². The molecule has 2 aromatic heterocycles. The smallest absolute Gasteiger partial charge is 0.136 e. The summed E-state index contributed by atoms with van der Waals surface area (Å²) in [5.41, 5.74) is 8.83. The molecular formula is C17H18N2O. The number of benzene rings is 1. The number of furan rings is 1. The molecule has 1 unspecified atom stereocenters. The third-order valence-electron chi connectivity index (χ3n) is 3.31. The van der Waals surface area contributed by atoms with E-state index in [9.17, 15) is 0 Å². The lowest BCUT2D eigenvalue weighted by Crippen LogP contribution is -2.17. The largest absolute Gasteiger partial charge is 0.461 e. The zero-order valence-corrected chi connectivity index (χ0v) is 11.8. The molecule has 3 nitrogen and oxygen atoms in total. The molecule has 0 radical (unpaired) electrons. The summed E-state index contributed by atoms with van der Waals surface area (Å²) >= 11 is 0. The first-order valence-electron chi connectivity index (χ1n) is 6.84. The molecule has 3 heteroatoms. The Balaban J connectivity index is 2.09. The van der Waals surface area contributed by atoms with Crippen LogP contribution in [0.4, 0.5) is 0 Å². The second kappa shape index (κ2) is 5.10. The normalized spacial score (nSPS) is 12.8. The van der Waals surface area contributed by atoms with Gasteiger partial charge in [0, 0.05) is 29.1 Å². The van der Waals surface area contributed by atoms with Crippen molar-refractivity contribution in [1.82, 2.24) is 4.98 Å². The van der Waals surface area contributed by atoms with Crippen LogP contribution in [-0.2, 0) is 6.42 Å². The fraction of sp³-hybridized carbons (Fsp3) is 0.235. The van der Waals surface area contributed by atoms with Crippen LogP contribution in [0.25, 0.3) is 22.2 Å². The number of fused-ring (bicyclic) bond motifs is 1. The van der Waals surface area contributed by atoms with Crippen molar-refractivity contribution in [2.75, 3.05) is 0 Å². The number of para-hydroxylation sites is 1. The fourth-order valence-electron chi connectivity index (χ4n) is 2.39. The maximum atomic E-state index is 5.91. The van der Waals surface area contributed by atoms with Gasteiger partial charge >= 0.3 is 0 Å². The quantitative estimate of drug-likeness (QED) is 0.786. The molecule has 102 valence electrons. The van der Waals surface area contributed by atoms with E-state index in [1.54, 1.807) is 0 Å². The van der Waals surface area contributed by atoms with E-state index in [1.165, 1.54) is 0 Å². The van der Waals surface area contributed by atoms with Gasteiger partial charge in [-0.2, -0.15) is 0 Å². The Morgan fingerprint density at radius 3 is 2.80 bits per heavy atom. The lowest BCUT2D eigenvalue weighted by Gasteiger charge is -2.05. The molecule has 0 bridgehead atoms. The van der Waals surface area contributed by atoms with E-state index in [4.69, 9.17) is 10.2 Å². The highest BCUT2D eigenvalue weighted by Gasteiger charge is 2.10. The number of nitrogens with two attached hydrogens (primary N) is 1. The van der Waals surface area contributed by atoms with Crippen LogP contribution >= 0.6 is 0 Å². The molecule has 20 heavy (non-hydrogen) atoms. The third kappa shape index (κ3) is 2.45. The second-order valence-corrected chi connectivity index (χ2v) is 5.28. The van der Waals surface area contributed by atoms with Crippen molar-refractivity contribution in [1.29, 1.82) is 0 Å². The highest BCUT2D eigenvalue weighted by molar-refractivity contribution is 5.92. The van der Waals surface area contributed by atoms with Crippen LogP contribution in [0.3, 0.4) is 0 Å². The summed E-state index contributed by atoms with van der Waals surface area (Å²) in [4.78, 5) is 4.64. The predicted molar refractivity (Wildman–Crippen MR) is 81.5 cm³/mol. The van der Waals surface area contributed by atoms with Crippen LogP contribution in [-0.4, -0.2) is 11.0 Å². The molecule has 1 aromatic carbocycles. The molecule has 0 aliphatic heterocycles. The summed E-state index contributed by atoms with van der Waals surface area (Å²) in [6.45, 7) is 3.98. The number of rotatable bonds is 3. The molecule has 3 aromatic rings. The summed E-state index contributed by atoms with van der Waals surface area (Å²) < 4.78 is 5.91. The Bertz CT molecular complexity index is 744. The van der Waals surface area contributed by atoms with Crippen molar-refractivity contribution in [3.05, 3.63) is 53.9 Å². The van der Waals surface area contributed by atoms with Crippen molar-refractivity contribution >= 4 is 10.9 Å². The summed E-state index contributed by atoms with van der Waals surface area (Å²) in [7, 11) is 0. The topological polar surface area (TPSA) is 52.0 Å². The zero-order valence-electron chi connectivity index (χ0n) is 11.8. The van der Waals surface area contributed by atoms with Gasteiger partial charge in [0.15, 0.2) is 0 Å². The number of pyridine rings is 1. The summed E-state index contributed by atoms with van der Waals surface area (Å²) in [5.74, 6) is 1.77. The van der Waals surface area contributed by atoms with Gasteiger partial charge in [0.25, 0.3) is 0 Å². The molecule has 1 atom stereocenters. The van der Waals surface area contributed by atoms with Gasteiger partial charge in [0.1, 0.15) is 11.5 Å². The minimum Gasteiger partial charge on any atom is -0.461 e. The predicted octanol–water partition coefficient (Wildman–Crippen LogP) is 3.69. The van der Waals surface area contributed by atoms with Gasteiger partial charge in [-0.3, -0.25) is 4.98 Å². The molecular weight excluding hydrogens is 248 g/mol. The van der Waals surface area contributed by atoms with Crippen molar-refractivity contribution in [2.24, 2.45) is 5.73 Å². The number of aromatic nitrogens is 1. The van der Waals surface area contributed by atoms with Gasteiger partial charge in [-0.25, -0.2) is 0 Å². The fourth-order valence-corrected chi connectivity index (χ4v) is 2.39. The zero-order chi connectivity index (χ0) is 14.1. The van der Waals surface area contributed by atoms with Gasteiger partial charge in [0.05, 0.1) is 5.52 Å². The van der Waals surface area contributed by atoms with Gasteiger partial charge in [-0.15, -0.1) is 0 Å². The summed E-state index contributed by atoms with van der Waals surface area (Å²) in [5, 5.41) is 1.12. The van der Waals surface area contributed by atoms with E-state index in [-0.39, 0.29) is 6.04 Å². The Kier molecular flexibility index (Phi) is 3.28. The van der Waals surface area contributed by atoms with Crippen molar-refractivity contribution in [3.63, 3.8) is 0 Å². The van der Waals surface area contributed by atoms with Crippen molar-refractivity contribution in [3.8, 4) is 11.3 Å². The molecule has 0 amide bonds. The Hall–Kier alpha value is -2.13. The monoisotopic (exact) mass is 266 g/mol. The van der Waals surface area contributed by atoms with Crippen LogP contribution in [0.15, 0.2) is 46.9 Å². The molecule has 0 aliphatic rings. The third-order valence-corrected chi connectivity index (χ3v) is 3.31. The van der Waals surface area contributed by atoms with Crippen LogP contribution in [0.2, 0.25) is 0 Å². The maximum Gasteiger partial charge on any atom is 0.136 e. The molecule has 0 spiro atoms. The van der Waals surface area contributed by atoms with E-state index < -0.39 is 0 Å². The minimum atomic E-state index is 0.0990. The van der Waals surface area contributed by atoms with Crippen LogP contribution < -0.4 is 5.73 Å². The number of hydrogen-bond donors (Lipinski definition) is 1. The average Bonchev–Trinajstić information content (AvgIpc) is 2.85. The van der Waals surface area contributed by atoms with E-state index in [0.717, 1.165) is 40.1 Å². The number of nitrogens with zero attached hydrogens (tertiary/aromatic N) is 1. The first kappa shape index (κ1) is 12.9. The van der Waals surface area contributed by atoms with E-state index in [0.29, 0.717) is 0 Å². The first-order valence-corrected chi connectivity index (χ1v) is 6.84. The SMILES string of the molecule is Cc1ccc2cccc(-c3ccc(CC(C)N)o3)c2n1. The lowest BCUT2D eigenvalue weighted by molar-refractivity contribution is 0.503. The number of aryl methyl sites for hydroxylation is 1. The molecule has 0 saturated carbocycles. The average molecular weight is 266 g/mol. The first-order chi connectivity index (χ1) is 9.63. The van der Waals surface area contributed by atoms with E-state index in [1.807, 2.05) is 44.2 Å². The summed E-state index contributed by atoms with van der Waals surface area (Å²) in [6.07, 6.45) is 0.747. The van der Waals surface area contributed by atoms with E-state index >= 15 is 0 Å². The highest BCUT2D eigenvalue weighted by Crippen LogP contribution is 2.29. The van der Waals surface area contributed by atoms with E-state index in [2.05, 4.69) is 17.1 Å². The van der Waals surface area contributed by atoms with Gasteiger partial charge in [0.2, 0.25) is 0 Å². The van der Waals surface area contributed by atoms with Crippen LogP contribution in [0, 0.1) is 6.92 Å².